The molecule has 1 aromatic rings. The normalized spacial score (nSPS) is 19.6. The molecule has 1 amide bonds. The van der Waals surface area contributed by atoms with E-state index in [0.29, 0.717) is 13.0 Å². The number of carbonyl (C=O) groups excluding carboxylic acids is 1. The van der Waals surface area contributed by atoms with Crippen LogP contribution in [0.5, 0.6) is 5.75 Å². The van der Waals surface area contributed by atoms with E-state index >= 15 is 0 Å². The lowest BCUT2D eigenvalue weighted by Gasteiger charge is -2.30. The number of amides is 1. The van der Waals surface area contributed by atoms with Gasteiger partial charge in [0, 0.05) is 25.2 Å². The first kappa shape index (κ1) is 14.8. The molecule has 0 saturated carbocycles. The van der Waals surface area contributed by atoms with Crippen LogP contribution >= 0.6 is 0 Å². The zero-order valence-electron chi connectivity index (χ0n) is 12.1. The van der Waals surface area contributed by atoms with Crippen LogP contribution in [-0.4, -0.2) is 57.3 Å². The first-order chi connectivity index (χ1) is 9.69. The highest BCUT2D eigenvalue weighted by atomic mass is 16.5. The Morgan fingerprint density at radius 1 is 1.50 bits per heavy atom. The molecule has 1 saturated heterocycles. The number of nitrogens with zero attached hydrogens (tertiary/aromatic N) is 1. The molecule has 1 fully saturated rings. The van der Waals surface area contributed by atoms with Crippen molar-refractivity contribution >= 4 is 5.91 Å². The average Bonchev–Trinajstić information content (AvgIpc) is 2.46. The Morgan fingerprint density at radius 2 is 2.30 bits per heavy atom. The van der Waals surface area contributed by atoms with Crippen LogP contribution in [0.3, 0.4) is 0 Å². The quantitative estimate of drug-likeness (QED) is 0.861. The van der Waals surface area contributed by atoms with Crippen LogP contribution < -0.4 is 10.1 Å². The SMILES string of the molecule is COc1ccccc1CC(=O)NCC1CN(C)CCO1. The lowest BCUT2D eigenvalue weighted by molar-refractivity contribution is -0.121. The molecule has 0 bridgehead atoms. The van der Waals surface area contributed by atoms with E-state index in [-0.39, 0.29) is 12.0 Å². The highest BCUT2D eigenvalue weighted by Gasteiger charge is 2.18. The van der Waals surface area contributed by atoms with Crippen LogP contribution in [0.4, 0.5) is 0 Å². The topological polar surface area (TPSA) is 50.8 Å². The maximum absolute atomic E-state index is 12.0. The van der Waals surface area contributed by atoms with Crippen molar-refractivity contribution in [2.75, 3.05) is 40.4 Å². The van der Waals surface area contributed by atoms with Gasteiger partial charge in [-0.1, -0.05) is 18.2 Å². The number of hydrogen-bond donors (Lipinski definition) is 1. The van der Waals surface area contributed by atoms with Gasteiger partial charge in [-0.05, 0) is 13.1 Å². The summed E-state index contributed by atoms with van der Waals surface area (Å²) < 4.78 is 10.9. The van der Waals surface area contributed by atoms with Gasteiger partial charge in [0.25, 0.3) is 0 Å². The third-order valence-electron chi connectivity index (χ3n) is 3.41. The zero-order chi connectivity index (χ0) is 14.4. The molecule has 1 aliphatic heterocycles. The van der Waals surface area contributed by atoms with Gasteiger partial charge in [0.1, 0.15) is 5.75 Å². The second kappa shape index (κ2) is 7.26. The smallest absolute Gasteiger partial charge is 0.224 e. The van der Waals surface area contributed by atoms with Gasteiger partial charge in [0.15, 0.2) is 0 Å². The van der Waals surface area contributed by atoms with Gasteiger partial charge in [0.2, 0.25) is 5.91 Å². The molecule has 1 aliphatic rings. The van der Waals surface area contributed by atoms with Crippen LogP contribution in [0.2, 0.25) is 0 Å². The summed E-state index contributed by atoms with van der Waals surface area (Å²) in [6.45, 7) is 3.09. The molecule has 1 heterocycles. The maximum Gasteiger partial charge on any atom is 0.224 e. The van der Waals surface area contributed by atoms with Crippen molar-refractivity contribution in [1.82, 2.24) is 10.2 Å². The molecule has 110 valence electrons. The predicted octanol–water partition coefficient (Wildman–Crippen LogP) is 0.684. The number of benzene rings is 1. The van der Waals surface area contributed by atoms with Crippen molar-refractivity contribution < 1.29 is 14.3 Å². The Hall–Kier alpha value is -1.59. The van der Waals surface area contributed by atoms with E-state index in [9.17, 15) is 4.79 Å². The fraction of sp³-hybridized carbons (Fsp3) is 0.533. The molecule has 1 atom stereocenters. The van der Waals surface area contributed by atoms with Crippen molar-refractivity contribution in [2.24, 2.45) is 0 Å². The minimum absolute atomic E-state index is 0.00803. The van der Waals surface area contributed by atoms with E-state index in [2.05, 4.69) is 17.3 Å². The van der Waals surface area contributed by atoms with Crippen LogP contribution in [0.15, 0.2) is 24.3 Å². The molecule has 2 rings (SSSR count). The predicted molar refractivity (Wildman–Crippen MR) is 76.9 cm³/mol. The number of nitrogens with one attached hydrogen (secondary N) is 1. The number of morpholine rings is 1. The molecule has 1 N–H and O–H groups in total. The highest BCUT2D eigenvalue weighted by molar-refractivity contribution is 5.79. The first-order valence-electron chi connectivity index (χ1n) is 6.88. The van der Waals surface area contributed by atoms with Gasteiger partial charge < -0.3 is 19.7 Å². The number of methoxy groups -OCH3 is 1. The molecule has 1 aromatic carbocycles. The summed E-state index contributed by atoms with van der Waals surface area (Å²) in [4.78, 5) is 14.2. The Bertz CT molecular complexity index is 450. The van der Waals surface area contributed by atoms with E-state index in [1.807, 2.05) is 24.3 Å². The van der Waals surface area contributed by atoms with Gasteiger partial charge in [-0.2, -0.15) is 0 Å². The lowest BCUT2D eigenvalue weighted by Crippen LogP contribution is -2.46. The van der Waals surface area contributed by atoms with Gasteiger partial charge in [-0.25, -0.2) is 0 Å². The maximum atomic E-state index is 12.0. The van der Waals surface area contributed by atoms with Crippen molar-refractivity contribution in [3.8, 4) is 5.75 Å². The number of hydrogen-bond acceptors (Lipinski definition) is 4. The van der Waals surface area contributed by atoms with E-state index < -0.39 is 0 Å². The Balaban J connectivity index is 1.80. The number of likely N-dealkylation sites (N-methyl/N-ethyl adjacent to an activating group) is 1. The molecule has 0 spiro atoms. The summed E-state index contributed by atoms with van der Waals surface area (Å²) in [6.07, 6.45) is 0.405. The number of para-hydroxylation sites is 1. The van der Waals surface area contributed by atoms with Gasteiger partial charge in [0.05, 0.1) is 26.2 Å². The Labute approximate surface area is 119 Å². The molecule has 0 aromatic heterocycles. The summed E-state index contributed by atoms with van der Waals surface area (Å²) >= 11 is 0. The third-order valence-corrected chi connectivity index (χ3v) is 3.41. The second-order valence-corrected chi connectivity index (χ2v) is 5.05. The van der Waals surface area contributed by atoms with Gasteiger partial charge >= 0.3 is 0 Å². The van der Waals surface area contributed by atoms with E-state index in [1.54, 1.807) is 7.11 Å². The highest BCUT2D eigenvalue weighted by Crippen LogP contribution is 2.17. The summed E-state index contributed by atoms with van der Waals surface area (Å²) in [5, 5.41) is 2.93. The monoisotopic (exact) mass is 278 g/mol. The number of ether oxygens (including phenoxy) is 2. The fourth-order valence-electron chi connectivity index (χ4n) is 2.30. The summed E-state index contributed by atoms with van der Waals surface area (Å²) in [5.74, 6) is 0.739. The largest absolute Gasteiger partial charge is 0.496 e. The minimum atomic E-state index is -0.00803. The van der Waals surface area contributed by atoms with Crippen LogP contribution in [0.1, 0.15) is 5.56 Å². The summed E-state index contributed by atoms with van der Waals surface area (Å²) in [7, 11) is 3.68. The second-order valence-electron chi connectivity index (χ2n) is 5.05. The van der Waals surface area contributed by atoms with E-state index in [0.717, 1.165) is 31.0 Å². The molecule has 5 nitrogen and oxygen atoms in total. The molecule has 5 heteroatoms. The molecular weight excluding hydrogens is 256 g/mol. The van der Waals surface area contributed by atoms with E-state index in [1.165, 1.54) is 0 Å². The average molecular weight is 278 g/mol. The zero-order valence-corrected chi connectivity index (χ0v) is 12.1. The number of rotatable bonds is 5. The van der Waals surface area contributed by atoms with Crippen molar-refractivity contribution in [1.29, 1.82) is 0 Å². The van der Waals surface area contributed by atoms with Crippen molar-refractivity contribution in [3.05, 3.63) is 29.8 Å². The molecule has 0 radical (unpaired) electrons. The minimum Gasteiger partial charge on any atom is -0.496 e. The van der Waals surface area contributed by atoms with Crippen LogP contribution in [0.25, 0.3) is 0 Å². The summed E-state index contributed by atoms with van der Waals surface area (Å²) in [5.41, 5.74) is 0.897. The first-order valence-corrected chi connectivity index (χ1v) is 6.88. The fourth-order valence-corrected chi connectivity index (χ4v) is 2.30. The summed E-state index contributed by atoms with van der Waals surface area (Å²) in [6, 6.07) is 7.57. The molecule has 20 heavy (non-hydrogen) atoms. The van der Waals surface area contributed by atoms with Crippen molar-refractivity contribution in [3.63, 3.8) is 0 Å². The molecule has 1 unspecified atom stereocenters. The lowest BCUT2D eigenvalue weighted by atomic mass is 10.1. The van der Waals surface area contributed by atoms with Gasteiger partial charge in [-0.3, -0.25) is 4.79 Å². The Kier molecular flexibility index (Phi) is 5.38. The van der Waals surface area contributed by atoms with E-state index in [4.69, 9.17) is 9.47 Å². The Morgan fingerprint density at radius 3 is 3.05 bits per heavy atom. The van der Waals surface area contributed by atoms with Crippen molar-refractivity contribution in [2.45, 2.75) is 12.5 Å². The molecule has 0 aliphatic carbocycles. The molecular formula is C15H22N2O3. The van der Waals surface area contributed by atoms with Crippen LogP contribution in [0, 0.1) is 0 Å². The van der Waals surface area contributed by atoms with Crippen LogP contribution in [-0.2, 0) is 16.0 Å². The third kappa shape index (κ3) is 4.21. The van der Waals surface area contributed by atoms with Gasteiger partial charge in [-0.15, -0.1) is 0 Å². The number of carbonyl (C=O) groups is 1. The standard InChI is InChI=1S/C15H22N2O3/c1-17-7-8-20-13(11-17)10-16-15(18)9-12-5-3-4-6-14(12)19-2/h3-6,13H,7-11H2,1-2H3,(H,16,18).